The van der Waals surface area contributed by atoms with Gasteiger partial charge in [0.25, 0.3) is 0 Å². The van der Waals surface area contributed by atoms with Gasteiger partial charge in [-0.1, -0.05) is 0 Å². The summed E-state index contributed by atoms with van der Waals surface area (Å²) in [5.74, 6) is 1.71. The maximum absolute atomic E-state index is 12.1. The maximum Gasteiger partial charge on any atom is 0.220 e. The third kappa shape index (κ3) is 2.83. The second-order valence-corrected chi connectivity index (χ2v) is 7.55. The minimum absolute atomic E-state index is 0.0102. The summed E-state index contributed by atoms with van der Waals surface area (Å²) in [6.45, 7) is 2.08. The van der Waals surface area contributed by atoms with E-state index in [0.29, 0.717) is 17.6 Å². The lowest BCUT2D eigenvalue weighted by molar-refractivity contribution is -0.114. The van der Waals surface area contributed by atoms with Crippen LogP contribution in [0, 0.1) is 11.8 Å². The van der Waals surface area contributed by atoms with Gasteiger partial charge in [0.1, 0.15) is 0 Å². The molecule has 5 nitrogen and oxygen atoms in total. The van der Waals surface area contributed by atoms with E-state index in [1.807, 2.05) is 6.08 Å². The van der Waals surface area contributed by atoms with Crippen LogP contribution in [0.3, 0.4) is 0 Å². The molecule has 0 aromatic carbocycles. The topological polar surface area (TPSA) is 48.0 Å². The van der Waals surface area contributed by atoms with Crippen molar-refractivity contribution in [2.24, 2.45) is 11.8 Å². The first kappa shape index (κ1) is 16.9. The van der Waals surface area contributed by atoms with Crippen molar-refractivity contribution in [3.63, 3.8) is 0 Å². The average Bonchev–Trinajstić information content (AvgIpc) is 2.64. The van der Waals surface area contributed by atoms with E-state index in [4.69, 9.17) is 14.2 Å². The van der Waals surface area contributed by atoms with Crippen LogP contribution in [-0.2, 0) is 19.0 Å². The van der Waals surface area contributed by atoms with Crippen LogP contribution in [-0.4, -0.2) is 57.3 Å². The number of methoxy groups -OCH3 is 3. The highest BCUT2D eigenvalue weighted by Gasteiger charge is 2.43. The zero-order valence-electron chi connectivity index (χ0n) is 15.3. The number of hydrogen-bond donors (Lipinski definition) is 0. The number of fused-ring (bicyclic) bond motifs is 3. The smallest absolute Gasteiger partial charge is 0.220 e. The Balaban J connectivity index is 1.64. The fourth-order valence-electron chi connectivity index (χ4n) is 5.02. The molecule has 4 rings (SSSR count). The Morgan fingerprint density at radius 2 is 1.76 bits per heavy atom. The highest BCUT2D eigenvalue weighted by Crippen LogP contribution is 2.45. The zero-order chi connectivity index (χ0) is 17.6. The summed E-state index contributed by atoms with van der Waals surface area (Å²) in [5, 5.41) is 0. The number of nitrogens with zero attached hydrogens (tertiary/aromatic N) is 1. The fraction of sp³-hybridized carbons (Fsp3) is 0.650. The van der Waals surface area contributed by atoms with Crippen molar-refractivity contribution >= 4 is 5.78 Å². The van der Waals surface area contributed by atoms with E-state index >= 15 is 0 Å². The second kappa shape index (κ2) is 6.61. The molecular weight excluding hydrogens is 318 g/mol. The van der Waals surface area contributed by atoms with Crippen LogP contribution in [0.15, 0.2) is 34.8 Å². The van der Waals surface area contributed by atoms with Gasteiger partial charge in [-0.15, -0.1) is 0 Å². The van der Waals surface area contributed by atoms with Crippen LogP contribution in [0.5, 0.6) is 0 Å². The number of carbonyl (C=O) groups excluding carboxylic acids is 1. The van der Waals surface area contributed by atoms with E-state index in [9.17, 15) is 4.79 Å². The first-order valence-corrected chi connectivity index (χ1v) is 9.19. The molecule has 4 aliphatic rings. The lowest BCUT2D eigenvalue weighted by Crippen LogP contribution is -2.49. The van der Waals surface area contributed by atoms with Gasteiger partial charge in [-0.05, 0) is 55.2 Å². The minimum Gasteiger partial charge on any atom is -0.493 e. The summed E-state index contributed by atoms with van der Waals surface area (Å²) in [4.78, 5) is 14.6. The second-order valence-electron chi connectivity index (χ2n) is 7.55. The average molecular weight is 345 g/mol. The molecule has 25 heavy (non-hydrogen) atoms. The molecule has 2 aliphatic heterocycles. The van der Waals surface area contributed by atoms with E-state index in [1.165, 1.54) is 16.8 Å². The molecule has 0 aromatic rings. The van der Waals surface area contributed by atoms with E-state index in [-0.39, 0.29) is 18.0 Å². The number of ether oxygens (including phenoxy) is 3. The van der Waals surface area contributed by atoms with Crippen LogP contribution < -0.4 is 0 Å². The molecule has 2 heterocycles. The summed E-state index contributed by atoms with van der Waals surface area (Å²) in [6.07, 6.45) is 8.20. The standard InChI is InChI=1S/C20H27NO4/c1-23-18-10-15-12(7-17(18)22)4-5-21-11-14-9-20(25-3)19(24-2)8-13(14)6-16(15)21/h7,10,13-14,19-20H,4-6,8-9,11H2,1-3H3. The van der Waals surface area contributed by atoms with Crippen molar-refractivity contribution in [3.05, 3.63) is 34.8 Å². The van der Waals surface area contributed by atoms with E-state index in [1.54, 1.807) is 27.4 Å². The highest BCUT2D eigenvalue weighted by atomic mass is 16.5. The van der Waals surface area contributed by atoms with Crippen LogP contribution in [0.2, 0.25) is 0 Å². The Labute approximate surface area is 149 Å². The van der Waals surface area contributed by atoms with Crippen LogP contribution >= 0.6 is 0 Å². The quantitative estimate of drug-likeness (QED) is 0.786. The molecule has 136 valence electrons. The van der Waals surface area contributed by atoms with Crippen LogP contribution in [0.4, 0.5) is 0 Å². The first-order chi connectivity index (χ1) is 12.1. The lowest BCUT2D eigenvalue weighted by Gasteiger charge is -2.49. The Morgan fingerprint density at radius 3 is 2.44 bits per heavy atom. The molecule has 2 aliphatic carbocycles. The van der Waals surface area contributed by atoms with Gasteiger partial charge in [0.2, 0.25) is 5.78 Å². The molecular formula is C20H27NO4. The lowest BCUT2D eigenvalue weighted by atomic mass is 9.70. The van der Waals surface area contributed by atoms with Gasteiger partial charge < -0.3 is 19.1 Å². The molecule has 0 N–H and O–H groups in total. The van der Waals surface area contributed by atoms with Gasteiger partial charge in [-0.25, -0.2) is 0 Å². The molecule has 0 aromatic heterocycles. The van der Waals surface area contributed by atoms with Crippen molar-refractivity contribution in [1.29, 1.82) is 0 Å². The molecule has 1 saturated heterocycles. The molecule has 4 atom stereocenters. The molecule has 0 amide bonds. The molecule has 1 saturated carbocycles. The molecule has 0 bridgehead atoms. The number of allylic oxidation sites excluding steroid dienone is 4. The predicted molar refractivity (Wildman–Crippen MR) is 93.8 cm³/mol. The first-order valence-electron chi connectivity index (χ1n) is 9.19. The largest absolute Gasteiger partial charge is 0.493 e. The van der Waals surface area contributed by atoms with Gasteiger partial charge in [0, 0.05) is 38.6 Å². The number of piperidine rings is 1. The summed E-state index contributed by atoms with van der Waals surface area (Å²) >= 11 is 0. The van der Waals surface area contributed by atoms with Crippen LogP contribution in [0.25, 0.3) is 0 Å². The third-order valence-electron chi connectivity index (χ3n) is 6.40. The van der Waals surface area contributed by atoms with E-state index < -0.39 is 0 Å². The summed E-state index contributed by atoms with van der Waals surface area (Å²) in [6, 6.07) is 0. The van der Waals surface area contributed by atoms with Gasteiger partial charge in [0.05, 0.1) is 19.3 Å². The van der Waals surface area contributed by atoms with Crippen molar-refractivity contribution in [2.75, 3.05) is 34.4 Å². The van der Waals surface area contributed by atoms with Gasteiger partial charge in [0.15, 0.2) is 5.76 Å². The number of rotatable bonds is 3. The Bertz CT molecular complexity index is 663. The van der Waals surface area contributed by atoms with Crippen molar-refractivity contribution < 1.29 is 19.0 Å². The molecule has 5 heteroatoms. The number of hydrogen-bond acceptors (Lipinski definition) is 5. The highest BCUT2D eigenvalue weighted by molar-refractivity contribution is 6.05. The molecule has 0 radical (unpaired) electrons. The van der Waals surface area contributed by atoms with E-state index in [2.05, 4.69) is 4.90 Å². The third-order valence-corrected chi connectivity index (χ3v) is 6.40. The number of ketones is 1. The van der Waals surface area contributed by atoms with Gasteiger partial charge in [-0.2, -0.15) is 0 Å². The van der Waals surface area contributed by atoms with Gasteiger partial charge in [-0.3, -0.25) is 4.79 Å². The summed E-state index contributed by atoms with van der Waals surface area (Å²) in [7, 11) is 5.15. The maximum atomic E-state index is 12.1. The SMILES string of the molecule is COC1=CC2=C3CC4CC(OC)C(OC)CC4CN3CCC2=CC1=O. The monoisotopic (exact) mass is 345 g/mol. The zero-order valence-corrected chi connectivity index (χ0v) is 15.3. The Morgan fingerprint density at radius 1 is 1.04 bits per heavy atom. The van der Waals surface area contributed by atoms with Crippen LogP contribution in [0.1, 0.15) is 25.7 Å². The Kier molecular flexibility index (Phi) is 4.46. The predicted octanol–water partition coefficient (Wildman–Crippen LogP) is 2.45. The Hall–Kier alpha value is -1.59. The fourth-order valence-corrected chi connectivity index (χ4v) is 5.02. The van der Waals surface area contributed by atoms with Crippen molar-refractivity contribution in [1.82, 2.24) is 4.90 Å². The summed E-state index contributed by atoms with van der Waals surface area (Å²) < 4.78 is 16.6. The normalized spacial score (nSPS) is 34.7. The van der Waals surface area contributed by atoms with Crippen molar-refractivity contribution in [2.45, 2.75) is 37.9 Å². The number of carbonyl (C=O) groups is 1. The summed E-state index contributed by atoms with van der Waals surface area (Å²) in [5.41, 5.74) is 3.76. The minimum atomic E-state index is -0.0102. The van der Waals surface area contributed by atoms with Crippen molar-refractivity contribution in [3.8, 4) is 0 Å². The van der Waals surface area contributed by atoms with E-state index in [0.717, 1.165) is 38.8 Å². The molecule has 2 fully saturated rings. The molecule has 0 spiro atoms. The molecule has 4 unspecified atom stereocenters. The van der Waals surface area contributed by atoms with Gasteiger partial charge >= 0.3 is 0 Å².